The molecule has 0 aliphatic rings. The Kier molecular flexibility index (Phi) is 4.21. The highest BCUT2D eigenvalue weighted by molar-refractivity contribution is 7.13. The van der Waals surface area contributed by atoms with Crippen molar-refractivity contribution in [2.24, 2.45) is 0 Å². The summed E-state index contributed by atoms with van der Waals surface area (Å²) >= 11 is 1.42. The first kappa shape index (κ1) is 14.4. The highest BCUT2D eigenvalue weighted by Gasteiger charge is 2.08. The highest BCUT2D eigenvalue weighted by Crippen LogP contribution is 2.30. The number of thiophene rings is 1. The summed E-state index contributed by atoms with van der Waals surface area (Å²) in [7, 11) is 0. The number of aromatic carboxylic acids is 1. The third kappa shape index (κ3) is 3.35. The lowest BCUT2D eigenvalue weighted by Crippen LogP contribution is -1.94. The number of ether oxygens (including phenoxy) is 1. The van der Waals surface area contributed by atoms with E-state index in [2.05, 4.69) is 0 Å². The van der Waals surface area contributed by atoms with E-state index in [1.54, 1.807) is 11.4 Å². The van der Waals surface area contributed by atoms with Crippen molar-refractivity contribution in [1.82, 2.24) is 0 Å². The van der Waals surface area contributed by atoms with E-state index in [-0.39, 0.29) is 0 Å². The maximum Gasteiger partial charge on any atom is 0.336 e. The van der Waals surface area contributed by atoms with E-state index in [0.717, 1.165) is 21.8 Å². The maximum atomic E-state index is 11.0. The van der Waals surface area contributed by atoms with E-state index >= 15 is 0 Å². The number of benzene rings is 2. The highest BCUT2D eigenvalue weighted by atomic mass is 32.1. The van der Waals surface area contributed by atoms with Crippen LogP contribution in [0.5, 0.6) is 5.75 Å². The van der Waals surface area contributed by atoms with Crippen LogP contribution in [0.3, 0.4) is 0 Å². The Hall–Kier alpha value is -2.59. The molecule has 3 nitrogen and oxygen atoms in total. The number of carboxylic acid groups (broad SMARTS) is 1. The zero-order valence-corrected chi connectivity index (χ0v) is 12.5. The fraction of sp³-hybridized carbons (Fsp3) is 0.0556. The summed E-state index contributed by atoms with van der Waals surface area (Å²) in [5.74, 6) is -0.134. The second-order valence-corrected chi connectivity index (χ2v) is 5.72. The lowest BCUT2D eigenvalue weighted by molar-refractivity contribution is 0.0697. The Bertz CT molecular complexity index is 778. The first-order chi connectivity index (χ1) is 10.7. The van der Waals surface area contributed by atoms with Crippen molar-refractivity contribution >= 4 is 17.3 Å². The minimum absolute atomic E-state index is 0.315. The van der Waals surface area contributed by atoms with Crippen LogP contribution in [0, 0.1) is 0 Å². The van der Waals surface area contributed by atoms with Gasteiger partial charge in [0.2, 0.25) is 0 Å². The molecule has 0 aliphatic carbocycles. The fourth-order valence-corrected chi connectivity index (χ4v) is 2.96. The molecular weight excluding hydrogens is 296 g/mol. The van der Waals surface area contributed by atoms with Crippen LogP contribution in [0.4, 0.5) is 0 Å². The average Bonchev–Trinajstić information content (AvgIpc) is 3.05. The van der Waals surface area contributed by atoms with Crippen molar-refractivity contribution in [2.75, 3.05) is 0 Å². The van der Waals surface area contributed by atoms with Crippen molar-refractivity contribution in [3.05, 3.63) is 77.2 Å². The van der Waals surface area contributed by atoms with Crippen molar-refractivity contribution in [3.63, 3.8) is 0 Å². The Balaban J connectivity index is 1.75. The molecule has 0 radical (unpaired) electrons. The summed E-state index contributed by atoms with van der Waals surface area (Å²) in [6, 6.07) is 19.3. The Labute approximate surface area is 132 Å². The summed E-state index contributed by atoms with van der Waals surface area (Å²) in [6.45, 7) is 0.509. The second kappa shape index (κ2) is 6.45. The lowest BCUT2D eigenvalue weighted by atomic mass is 10.1. The van der Waals surface area contributed by atoms with E-state index < -0.39 is 5.97 Å². The Morgan fingerprint density at radius 1 is 1.05 bits per heavy atom. The molecule has 1 heterocycles. The van der Waals surface area contributed by atoms with Gasteiger partial charge in [0.25, 0.3) is 0 Å². The Morgan fingerprint density at radius 2 is 1.86 bits per heavy atom. The van der Waals surface area contributed by atoms with Crippen LogP contribution in [0.25, 0.3) is 10.4 Å². The summed E-state index contributed by atoms with van der Waals surface area (Å²) in [5, 5.41) is 10.6. The predicted molar refractivity (Wildman–Crippen MR) is 87.5 cm³/mol. The standard InChI is InChI=1S/C18H14O3S/c19-18(20)15-10-17(22-12-15)14-7-4-8-16(9-14)21-11-13-5-2-1-3-6-13/h1-10,12H,11H2,(H,19,20). The molecule has 2 aromatic carbocycles. The maximum absolute atomic E-state index is 11.0. The number of carboxylic acids is 1. The normalized spacial score (nSPS) is 10.4. The van der Waals surface area contributed by atoms with Gasteiger partial charge in [-0.25, -0.2) is 4.79 Å². The number of hydrogen-bond donors (Lipinski definition) is 1. The number of hydrogen-bond acceptors (Lipinski definition) is 3. The van der Waals surface area contributed by atoms with E-state index in [1.807, 2.05) is 54.6 Å². The molecule has 1 aromatic heterocycles. The van der Waals surface area contributed by atoms with Gasteiger partial charge in [0, 0.05) is 10.3 Å². The van der Waals surface area contributed by atoms with E-state index in [1.165, 1.54) is 11.3 Å². The topological polar surface area (TPSA) is 46.5 Å². The molecule has 3 aromatic rings. The van der Waals surface area contributed by atoms with Crippen LogP contribution >= 0.6 is 11.3 Å². The zero-order chi connectivity index (χ0) is 15.4. The molecule has 4 heteroatoms. The molecule has 0 saturated carbocycles. The minimum Gasteiger partial charge on any atom is -0.489 e. The Morgan fingerprint density at radius 3 is 2.59 bits per heavy atom. The van der Waals surface area contributed by atoms with Crippen LogP contribution < -0.4 is 4.74 Å². The SMILES string of the molecule is O=C(O)c1csc(-c2cccc(OCc3ccccc3)c2)c1. The molecular formula is C18H14O3S. The van der Waals surface area contributed by atoms with E-state index in [9.17, 15) is 4.79 Å². The van der Waals surface area contributed by atoms with Crippen molar-refractivity contribution < 1.29 is 14.6 Å². The predicted octanol–water partition coefficient (Wildman–Crippen LogP) is 4.69. The van der Waals surface area contributed by atoms with Crippen LogP contribution in [-0.4, -0.2) is 11.1 Å². The summed E-state index contributed by atoms with van der Waals surface area (Å²) < 4.78 is 5.80. The van der Waals surface area contributed by atoms with Gasteiger partial charge in [-0.3, -0.25) is 0 Å². The molecule has 1 N–H and O–H groups in total. The van der Waals surface area contributed by atoms with Gasteiger partial charge in [-0.1, -0.05) is 42.5 Å². The fourth-order valence-electron chi connectivity index (χ4n) is 2.08. The quantitative estimate of drug-likeness (QED) is 0.743. The molecule has 3 rings (SSSR count). The van der Waals surface area contributed by atoms with Crippen LogP contribution in [0.1, 0.15) is 15.9 Å². The molecule has 0 fully saturated rings. The van der Waals surface area contributed by atoms with Crippen molar-refractivity contribution in [1.29, 1.82) is 0 Å². The zero-order valence-electron chi connectivity index (χ0n) is 11.7. The van der Waals surface area contributed by atoms with Crippen molar-refractivity contribution in [2.45, 2.75) is 6.61 Å². The lowest BCUT2D eigenvalue weighted by Gasteiger charge is -2.07. The van der Waals surface area contributed by atoms with Gasteiger partial charge < -0.3 is 9.84 Å². The number of carbonyl (C=O) groups is 1. The first-order valence-electron chi connectivity index (χ1n) is 6.81. The molecule has 0 amide bonds. The molecule has 0 saturated heterocycles. The van der Waals surface area contributed by atoms with Gasteiger partial charge in [0.05, 0.1) is 5.56 Å². The minimum atomic E-state index is -0.904. The third-order valence-corrected chi connectivity index (χ3v) is 4.19. The molecule has 0 spiro atoms. The van der Waals surface area contributed by atoms with Gasteiger partial charge in [0.15, 0.2) is 0 Å². The molecule has 22 heavy (non-hydrogen) atoms. The van der Waals surface area contributed by atoms with Gasteiger partial charge in [-0.15, -0.1) is 11.3 Å². The molecule has 0 aliphatic heterocycles. The van der Waals surface area contributed by atoms with Crippen LogP contribution in [-0.2, 0) is 6.61 Å². The van der Waals surface area contributed by atoms with Crippen LogP contribution in [0.15, 0.2) is 66.0 Å². The van der Waals surface area contributed by atoms with Gasteiger partial charge in [0.1, 0.15) is 12.4 Å². The first-order valence-corrected chi connectivity index (χ1v) is 7.69. The molecule has 0 unspecified atom stereocenters. The average molecular weight is 310 g/mol. The molecule has 0 atom stereocenters. The monoisotopic (exact) mass is 310 g/mol. The molecule has 0 bridgehead atoms. The van der Waals surface area contributed by atoms with Crippen molar-refractivity contribution in [3.8, 4) is 16.2 Å². The van der Waals surface area contributed by atoms with E-state index in [4.69, 9.17) is 9.84 Å². The van der Waals surface area contributed by atoms with E-state index in [0.29, 0.717) is 12.2 Å². The largest absolute Gasteiger partial charge is 0.489 e. The molecule has 110 valence electrons. The van der Waals surface area contributed by atoms with Gasteiger partial charge >= 0.3 is 5.97 Å². The van der Waals surface area contributed by atoms with Crippen LogP contribution in [0.2, 0.25) is 0 Å². The summed E-state index contributed by atoms with van der Waals surface area (Å²) in [5.41, 5.74) is 2.39. The summed E-state index contributed by atoms with van der Waals surface area (Å²) in [4.78, 5) is 11.9. The van der Waals surface area contributed by atoms with Gasteiger partial charge in [-0.2, -0.15) is 0 Å². The second-order valence-electron chi connectivity index (χ2n) is 4.81. The van der Waals surface area contributed by atoms with Gasteiger partial charge in [-0.05, 0) is 29.3 Å². The number of rotatable bonds is 5. The third-order valence-electron chi connectivity index (χ3n) is 3.21. The summed E-state index contributed by atoms with van der Waals surface area (Å²) in [6.07, 6.45) is 0. The smallest absolute Gasteiger partial charge is 0.336 e.